The molecule has 3 heterocycles. The van der Waals surface area contributed by atoms with E-state index in [-0.39, 0.29) is 5.69 Å². The Labute approximate surface area is 154 Å². The maximum absolute atomic E-state index is 10.8. The fourth-order valence-electron chi connectivity index (χ4n) is 2.33. The first kappa shape index (κ1) is 16.2. The molecular formula is C15H8Cl2N4O3S. The number of pyridine rings is 1. The topological polar surface area (TPSA) is 86.5 Å². The Hall–Kier alpha value is -2.29. The molecule has 0 fully saturated rings. The number of nitro groups is 1. The predicted molar refractivity (Wildman–Crippen MR) is 95.4 cm³/mol. The molecule has 7 nitrogen and oxygen atoms in total. The zero-order chi connectivity index (χ0) is 17.6. The zero-order valence-corrected chi connectivity index (χ0v) is 14.7. The number of aromatic nitrogens is 3. The van der Waals surface area contributed by atoms with Crippen LogP contribution in [0.3, 0.4) is 0 Å². The second-order valence-electron chi connectivity index (χ2n) is 5.10. The average Bonchev–Trinajstić information content (AvgIpc) is 3.13. The molecule has 0 aliphatic rings. The third-order valence-corrected chi connectivity index (χ3v) is 4.95. The number of hydrogen-bond donors (Lipinski definition) is 0. The summed E-state index contributed by atoms with van der Waals surface area (Å²) in [6, 6.07) is 7.81. The van der Waals surface area contributed by atoms with E-state index in [0.29, 0.717) is 43.6 Å². The van der Waals surface area contributed by atoms with Gasteiger partial charge < -0.3 is 4.42 Å². The van der Waals surface area contributed by atoms with E-state index in [1.165, 1.54) is 30.0 Å². The molecule has 0 saturated carbocycles. The minimum absolute atomic E-state index is 0.0300. The standard InChI is InChI=1S/C15H8Cl2N4O3S/c16-8-1-4-13-18-11(14(17)20(13)6-8)7-25-15-19-10-5-9(21(22)23)2-3-12(10)24-15/h1-6H,7H2. The third kappa shape index (κ3) is 3.04. The van der Waals surface area contributed by atoms with Crippen molar-refractivity contribution in [2.45, 2.75) is 11.0 Å². The third-order valence-electron chi connectivity index (χ3n) is 3.48. The van der Waals surface area contributed by atoms with Crippen molar-refractivity contribution >= 4 is 57.4 Å². The highest BCUT2D eigenvalue weighted by Crippen LogP contribution is 2.30. The van der Waals surface area contributed by atoms with Gasteiger partial charge in [0, 0.05) is 24.1 Å². The Morgan fingerprint density at radius 1 is 1.24 bits per heavy atom. The minimum Gasteiger partial charge on any atom is -0.431 e. The summed E-state index contributed by atoms with van der Waals surface area (Å²) in [6.45, 7) is 0. The molecule has 0 atom stereocenters. The summed E-state index contributed by atoms with van der Waals surface area (Å²) in [4.78, 5) is 19.1. The van der Waals surface area contributed by atoms with E-state index in [1.807, 2.05) is 0 Å². The lowest BCUT2D eigenvalue weighted by atomic mass is 10.3. The van der Waals surface area contributed by atoms with Crippen molar-refractivity contribution in [1.82, 2.24) is 14.4 Å². The van der Waals surface area contributed by atoms with E-state index in [0.717, 1.165) is 0 Å². The summed E-state index contributed by atoms with van der Waals surface area (Å²) in [5, 5.41) is 12.2. The van der Waals surface area contributed by atoms with Crippen LogP contribution < -0.4 is 0 Å². The van der Waals surface area contributed by atoms with Crippen LogP contribution in [0, 0.1) is 10.1 Å². The highest BCUT2D eigenvalue weighted by Gasteiger charge is 2.15. The van der Waals surface area contributed by atoms with E-state index in [1.54, 1.807) is 22.7 Å². The first-order valence-electron chi connectivity index (χ1n) is 7.01. The lowest BCUT2D eigenvalue weighted by Crippen LogP contribution is -1.86. The lowest BCUT2D eigenvalue weighted by Gasteiger charge is -1.96. The second-order valence-corrected chi connectivity index (χ2v) is 6.82. The van der Waals surface area contributed by atoms with Gasteiger partial charge in [-0.1, -0.05) is 35.0 Å². The highest BCUT2D eigenvalue weighted by atomic mass is 35.5. The fourth-order valence-corrected chi connectivity index (χ4v) is 3.59. The largest absolute Gasteiger partial charge is 0.431 e. The number of fused-ring (bicyclic) bond motifs is 2. The van der Waals surface area contributed by atoms with Crippen molar-refractivity contribution in [1.29, 1.82) is 0 Å². The van der Waals surface area contributed by atoms with Crippen molar-refractivity contribution in [3.8, 4) is 0 Å². The molecule has 0 spiro atoms. The number of imidazole rings is 1. The lowest BCUT2D eigenvalue weighted by molar-refractivity contribution is -0.384. The number of nitro benzene ring substituents is 1. The molecule has 0 radical (unpaired) electrons. The van der Waals surface area contributed by atoms with Gasteiger partial charge in [-0.25, -0.2) is 9.97 Å². The Bertz CT molecular complexity index is 1120. The molecule has 0 amide bonds. The predicted octanol–water partition coefficient (Wildman–Crippen LogP) is 4.98. The summed E-state index contributed by atoms with van der Waals surface area (Å²) in [5.74, 6) is 0.438. The van der Waals surface area contributed by atoms with Crippen LogP contribution in [0.4, 0.5) is 5.69 Å². The normalized spacial score (nSPS) is 11.4. The monoisotopic (exact) mass is 394 g/mol. The number of nitrogens with zero attached hydrogens (tertiary/aromatic N) is 4. The van der Waals surface area contributed by atoms with Crippen LogP contribution in [-0.4, -0.2) is 19.3 Å². The zero-order valence-electron chi connectivity index (χ0n) is 12.3. The van der Waals surface area contributed by atoms with Crippen molar-refractivity contribution in [2.75, 3.05) is 0 Å². The molecule has 4 rings (SSSR count). The van der Waals surface area contributed by atoms with Crippen LogP contribution in [0.15, 0.2) is 46.2 Å². The van der Waals surface area contributed by atoms with Gasteiger partial charge in [0.05, 0.1) is 15.6 Å². The molecule has 3 aromatic heterocycles. The molecular weight excluding hydrogens is 387 g/mol. The quantitative estimate of drug-likeness (QED) is 0.275. The van der Waals surface area contributed by atoms with Gasteiger partial charge in [-0.3, -0.25) is 14.5 Å². The van der Waals surface area contributed by atoms with E-state index >= 15 is 0 Å². The summed E-state index contributed by atoms with van der Waals surface area (Å²) in [6.07, 6.45) is 1.69. The highest BCUT2D eigenvalue weighted by molar-refractivity contribution is 7.98. The van der Waals surface area contributed by atoms with E-state index in [9.17, 15) is 10.1 Å². The Balaban J connectivity index is 1.60. The minimum atomic E-state index is -0.470. The van der Waals surface area contributed by atoms with E-state index < -0.39 is 4.92 Å². The molecule has 4 aromatic rings. The fraction of sp³-hybridized carbons (Fsp3) is 0.0667. The van der Waals surface area contributed by atoms with Crippen molar-refractivity contribution in [3.05, 3.63) is 62.5 Å². The number of benzene rings is 1. The van der Waals surface area contributed by atoms with Gasteiger partial charge in [0.25, 0.3) is 10.9 Å². The maximum Gasteiger partial charge on any atom is 0.271 e. The number of oxazole rings is 1. The maximum atomic E-state index is 10.8. The molecule has 10 heteroatoms. The summed E-state index contributed by atoms with van der Waals surface area (Å²) < 4.78 is 7.29. The molecule has 25 heavy (non-hydrogen) atoms. The number of hydrogen-bond acceptors (Lipinski definition) is 6. The Morgan fingerprint density at radius 3 is 2.88 bits per heavy atom. The smallest absolute Gasteiger partial charge is 0.271 e. The summed E-state index contributed by atoms with van der Waals surface area (Å²) in [5.41, 5.74) is 2.25. The van der Waals surface area contributed by atoms with Crippen LogP contribution in [-0.2, 0) is 5.75 Å². The van der Waals surface area contributed by atoms with Crippen molar-refractivity contribution in [2.24, 2.45) is 0 Å². The van der Waals surface area contributed by atoms with Gasteiger partial charge in [-0.2, -0.15) is 0 Å². The SMILES string of the molecule is O=[N+]([O-])c1ccc2oc(SCc3nc4ccc(Cl)cn4c3Cl)nc2c1. The van der Waals surface area contributed by atoms with Crippen molar-refractivity contribution in [3.63, 3.8) is 0 Å². The second kappa shape index (κ2) is 6.21. The molecule has 126 valence electrons. The molecule has 1 aromatic carbocycles. The van der Waals surface area contributed by atoms with Crippen LogP contribution in [0.25, 0.3) is 16.7 Å². The van der Waals surface area contributed by atoms with Gasteiger partial charge in [-0.15, -0.1) is 0 Å². The van der Waals surface area contributed by atoms with Gasteiger partial charge in [-0.05, 0) is 18.2 Å². The first-order chi connectivity index (χ1) is 12.0. The van der Waals surface area contributed by atoms with Crippen LogP contribution in [0.2, 0.25) is 10.2 Å². The Kier molecular flexibility index (Phi) is 4.03. The first-order valence-corrected chi connectivity index (χ1v) is 8.75. The van der Waals surface area contributed by atoms with E-state index in [4.69, 9.17) is 27.6 Å². The van der Waals surface area contributed by atoms with Crippen LogP contribution in [0.1, 0.15) is 5.69 Å². The van der Waals surface area contributed by atoms with Gasteiger partial charge in [0.2, 0.25) is 0 Å². The van der Waals surface area contributed by atoms with Gasteiger partial charge >= 0.3 is 0 Å². The molecule has 0 bridgehead atoms. The number of thioether (sulfide) groups is 1. The molecule has 0 aliphatic heterocycles. The van der Waals surface area contributed by atoms with Crippen LogP contribution >= 0.6 is 35.0 Å². The van der Waals surface area contributed by atoms with Gasteiger partial charge in [0.1, 0.15) is 16.3 Å². The van der Waals surface area contributed by atoms with Crippen LogP contribution in [0.5, 0.6) is 0 Å². The molecule has 0 saturated heterocycles. The van der Waals surface area contributed by atoms with Gasteiger partial charge in [0.15, 0.2) is 5.58 Å². The Morgan fingerprint density at radius 2 is 2.08 bits per heavy atom. The molecule has 0 unspecified atom stereocenters. The number of rotatable bonds is 4. The van der Waals surface area contributed by atoms with E-state index in [2.05, 4.69) is 9.97 Å². The van der Waals surface area contributed by atoms with Crippen molar-refractivity contribution < 1.29 is 9.34 Å². The molecule has 0 aliphatic carbocycles. The number of non-ortho nitro benzene ring substituents is 1. The summed E-state index contributed by atoms with van der Waals surface area (Å²) >= 11 is 13.6. The molecule has 0 N–H and O–H groups in total. The average molecular weight is 395 g/mol. The number of halogens is 2. The summed E-state index contributed by atoms with van der Waals surface area (Å²) in [7, 11) is 0.